The fourth-order valence-electron chi connectivity index (χ4n) is 0.817. The van der Waals surface area contributed by atoms with Crippen molar-refractivity contribution in [3.63, 3.8) is 0 Å². The van der Waals surface area contributed by atoms with Crippen molar-refractivity contribution >= 4 is 22.9 Å². The molecule has 0 saturated carbocycles. The summed E-state index contributed by atoms with van der Waals surface area (Å²) in [6.45, 7) is 0.987. The molecule has 0 amide bonds. The minimum Gasteiger partial charge on any atom is -0.468 e. The quantitative estimate of drug-likeness (QED) is 0.605. The maximum atomic E-state index is 10.7. The van der Waals surface area contributed by atoms with Crippen LogP contribution in [0.2, 0.25) is 0 Å². The van der Waals surface area contributed by atoms with Crippen molar-refractivity contribution in [1.29, 1.82) is 5.41 Å². The monoisotopic (exact) mass is 174 g/mol. The number of rotatable bonds is 2. The van der Waals surface area contributed by atoms with Gasteiger partial charge in [0.2, 0.25) is 0 Å². The van der Waals surface area contributed by atoms with Gasteiger partial charge in [0.25, 0.3) is 0 Å². The molecule has 1 aliphatic rings. The lowest BCUT2D eigenvalue weighted by Crippen LogP contribution is -2.30. The summed E-state index contributed by atoms with van der Waals surface area (Å²) in [7, 11) is 1.36. The number of amidine groups is 1. The van der Waals surface area contributed by atoms with Crippen LogP contribution in [-0.2, 0) is 9.53 Å². The number of nitrogens with zero attached hydrogens (tertiary/aromatic N) is 1. The van der Waals surface area contributed by atoms with Gasteiger partial charge in [-0.3, -0.25) is 10.2 Å². The zero-order chi connectivity index (χ0) is 8.27. The average molecular weight is 174 g/mol. The van der Waals surface area contributed by atoms with Crippen LogP contribution in [0.3, 0.4) is 0 Å². The van der Waals surface area contributed by atoms with Crippen molar-refractivity contribution in [3.8, 4) is 0 Å². The number of carbonyl (C=O) groups is 1. The normalized spacial score (nSPS) is 17.2. The number of hydrogen-bond acceptors (Lipinski definition) is 4. The predicted molar refractivity (Wildman–Crippen MR) is 43.8 cm³/mol. The van der Waals surface area contributed by atoms with Gasteiger partial charge in [-0.25, -0.2) is 0 Å². The molecule has 0 atom stereocenters. The molecule has 1 heterocycles. The first-order valence-corrected chi connectivity index (χ1v) is 4.25. The lowest BCUT2D eigenvalue weighted by atomic mass is 10.5. The van der Waals surface area contributed by atoms with E-state index in [1.54, 1.807) is 4.90 Å². The molecule has 0 radical (unpaired) electrons. The van der Waals surface area contributed by atoms with Gasteiger partial charge in [0, 0.05) is 12.3 Å². The molecule has 1 rings (SSSR count). The number of carbonyl (C=O) groups excluding carboxylic acids is 1. The van der Waals surface area contributed by atoms with E-state index < -0.39 is 0 Å². The van der Waals surface area contributed by atoms with Gasteiger partial charge in [-0.15, -0.1) is 0 Å². The zero-order valence-electron chi connectivity index (χ0n) is 6.29. The van der Waals surface area contributed by atoms with Gasteiger partial charge in [0.1, 0.15) is 6.54 Å². The summed E-state index contributed by atoms with van der Waals surface area (Å²) in [6.07, 6.45) is 0. The molecule has 1 N–H and O–H groups in total. The second kappa shape index (κ2) is 3.61. The van der Waals surface area contributed by atoms with Gasteiger partial charge < -0.3 is 9.64 Å². The average Bonchev–Trinajstić information content (AvgIpc) is 2.37. The summed E-state index contributed by atoms with van der Waals surface area (Å²) in [4.78, 5) is 12.4. The maximum Gasteiger partial charge on any atom is 0.325 e. The van der Waals surface area contributed by atoms with Crippen LogP contribution >= 0.6 is 11.8 Å². The summed E-state index contributed by atoms with van der Waals surface area (Å²) in [5, 5.41) is 7.82. The number of thioether (sulfide) groups is 1. The van der Waals surface area contributed by atoms with Crippen LogP contribution in [0.1, 0.15) is 0 Å². The number of methoxy groups -OCH3 is 1. The van der Waals surface area contributed by atoms with E-state index in [1.165, 1.54) is 18.9 Å². The van der Waals surface area contributed by atoms with E-state index in [4.69, 9.17) is 5.41 Å². The number of esters is 1. The highest BCUT2D eigenvalue weighted by Crippen LogP contribution is 2.15. The number of nitrogens with one attached hydrogen (secondary N) is 1. The summed E-state index contributed by atoms with van der Waals surface area (Å²) >= 11 is 1.46. The topological polar surface area (TPSA) is 53.4 Å². The molecule has 0 aromatic carbocycles. The first kappa shape index (κ1) is 8.39. The van der Waals surface area contributed by atoms with E-state index in [0.29, 0.717) is 5.17 Å². The van der Waals surface area contributed by atoms with E-state index in [2.05, 4.69) is 4.74 Å². The molecule has 1 fully saturated rings. The van der Waals surface area contributed by atoms with Gasteiger partial charge in [0.15, 0.2) is 5.17 Å². The fraction of sp³-hybridized carbons (Fsp3) is 0.667. The molecule has 0 aromatic rings. The standard InChI is InChI=1S/C6H10N2O2S/c1-10-5(9)4-8-2-3-11-6(8)7/h7H,2-4H2,1H3. The Morgan fingerprint density at radius 2 is 2.64 bits per heavy atom. The number of ether oxygens (including phenoxy) is 1. The Balaban J connectivity index is 2.36. The second-order valence-corrected chi connectivity index (χ2v) is 3.23. The zero-order valence-corrected chi connectivity index (χ0v) is 7.11. The Labute approximate surface area is 69.4 Å². The van der Waals surface area contributed by atoms with Crippen LogP contribution in [0.15, 0.2) is 0 Å². The SMILES string of the molecule is COC(=O)CN1CCSC1=N. The van der Waals surface area contributed by atoms with Crippen molar-refractivity contribution in [2.24, 2.45) is 0 Å². The molecule has 5 heteroatoms. The van der Waals surface area contributed by atoms with Crippen LogP contribution in [-0.4, -0.2) is 42.0 Å². The van der Waals surface area contributed by atoms with Crippen LogP contribution in [0.25, 0.3) is 0 Å². The highest BCUT2D eigenvalue weighted by Gasteiger charge is 2.19. The van der Waals surface area contributed by atoms with Crippen molar-refractivity contribution in [3.05, 3.63) is 0 Å². The fourth-order valence-corrected chi connectivity index (χ4v) is 1.66. The Kier molecular flexibility index (Phi) is 2.76. The lowest BCUT2D eigenvalue weighted by molar-refractivity contribution is -0.140. The first-order valence-electron chi connectivity index (χ1n) is 3.27. The van der Waals surface area contributed by atoms with Crippen LogP contribution in [0.5, 0.6) is 0 Å². The molecule has 4 nitrogen and oxygen atoms in total. The summed E-state index contributed by atoms with van der Waals surface area (Å²) in [6, 6.07) is 0. The largest absolute Gasteiger partial charge is 0.468 e. The van der Waals surface area contributed by atoms with E-state index in [9.17, 15) is 4.79 Å². The Hall–Kier alpha value is -0.710. The smallest absolute Gasteiger partial charge is 0.325 e. The summed E-state index contributed by atoms with van der Waals surface area (Å²) in [5.74, 6) is 0.618. The molecule has 62 valence electrons. The molecule has 0 unspecified atom stereocenters. The minimum atomic E-state index is -0.280. The second-order valence-electron chi connectivity index (χ2n) is 2.15. The minimum absolute atomic E-state index is 0.211. The van der Waals surface area contributed by atoms with Gasteiger partial charge in [-0.2, -0.15) is 0 Å². The van der Waals surface area contributed by atoms with E-state index >= 15 is 0 Å². The van der Waals surface area contributed by atoms with Gasteiger partial charge in [0.05, 0.1) is 7.11 Å². The summed E-state index contributed by atoms with van der Waals surface area (Å²) in [5.41, 5.74) is 0. The molecule has 11 heavy (non-hydrogen) atoms. The predicted octanol–water partition coefficient (Wildman–Crippen LogP) is 0.143. The molecule has 1 saturated heterocycles. The lowest BCUT2D eigenvalue weighted by Gasteiger charge is -2.13. The third-order valence-electron chi connectivity index (χ3n) is 1.43. The third kappa shape index (κ3) is 2.11. The Bertz CT molecular complexity index is 183. The van der Waals surface area contributed by atoms with Gasteiger partial charge in [-0.1, -0.05) is 11.8 Å². The van der Waals surface area contributed by atoms with E-state index in [0.717, 1.165) is 12.3 Å². The first-order chi connectivity index (χ1) is 5.24. The number of hydrogen-bond donors (Lipinski definition) is 1. The van der Waals surface area contributed by atoms with Crippen molar-refractivity contribution in [1.82, 2.24) is 4.90 Å². The molecule has 0 bridgehead atoms. The van der Waals surface area contributed by atoms with Crippen LogP contribution < -0.4 is 0 Å². The summed E-state index contributed by atoms with van der Waals surface area (Å²) < 4.78 is 4.47. The maximum absolute atomic E-state index is 10.7. The van der Waals surface area contributed by atoms with Crippen molar-refractivity contribution in [2.75, 3.05) is 26.0 Å². The van der Waals surface area contributed by atoms with Crippen molar-refractivity contribution < 1.29 is 9.53 Å². The Morgan fingerprint density at radius 3 is 3.09 bits per heavy atom. The van der Waals surface area contributed by atoms with Gasteiger partial charge >= 0.3 is 5.97 Å². The highest BCUT2D eigenvalue weighted by molar-refractivity contribution is 8.14. The molecular formula is C6H10N2O2S. The van der Waals surface area contributed by atoms with Crippen molar-refractivity contribution in [2.45, 2.75) is 0 Å². The Morgan fingerprint density at radius 1 is 1.91 bits per heavy atom. The molecule has 0 spiro atoms. The van der Waals surface area contributed by atoms with Crippen LogP contribution in [0, 0.1) is 5.41 Å². The highest BCUT2D eigenvalue weighted by atomic mass is 32.2. The molecule has 0 aliphatic carbocycles. The van der Waals surface area contributed by atoms with Crippen LogP contribution in [0.4, 0.5) is 0 Å². The van der Waals surface area contributed by atoms with E-state index in [-0.39, 0.29) is 12.5 Å². The molecular weight excluding hydrogens is 164 g/mol. The van der Waals surface area contributed by atoms with Gasteiger partial charge in [-0.05, 0) is 0 Å². The molecule has 0 aromatic heterocycles. The third-order valence-corrected chi connectivity index (χ3v) is 2.35. The van der Waals surface area contributed by atoms with E-state index in [1.807, 2.05) is 0 Å². The molecule has 1 aliphatic heterocycles.